The average Bonchev–Trinajstić information content (AvgIpc) is 2.67. The molecule has 0 aromatic heterocycles. The van der Waals surface area contributed by atoms with E-state index in [0.29, 0.717) is 23.0 Å². The van der Waals surface area contributed by atoms with Crippen molar-refractivity contribution in [2.24, 2.45) is 0 Å². The second-order valence-corrected chi connectivity index (χ2v) is 8.90. The fraction of sp³-hybridized carbons (Fsp3) is 0.0455. The number of halogens is 4. The van der Waals surface area contributed by atoms with Crippen LogP contribution in [0.4, 0.5) is 0 Å². The topological polar surface area (TPSA) is 33.0 Å². The highest BCUT2D eigenvalue weighted by atomic mass is 79.9. The largest absolute Gasteiger partial charge is 0.486 e. The van der Waals surface area contributed by atoms with Crippen LogP contribution < -0.4 is 4.74 Å². The van der Waals surface area contributed by atoms with Gasteiger partial charge in [0.05, 0.1) is 20.6 Å². The summed E-state index contributed by atoms with van der Waals surface area (Å²) < 4.78 is 8.49. The number of rotatable bonds is 5. The van der Waals surface area contributed by atoms with Gasteiger partial charge in [-0.05, 0) is 79.4 Å². The summed E-state index contributed by atoms with van der Waals surface area (Å²) in [7, 11) is 0. The molecule has 3 aromatic carbocycles. The molecule has 0 spiro atoms. The van der Waals surface area contributed by atoms with E-state index in [1.54, 1.807) is 0 Å². The molecule has 0 heterocycles. The number of hydrogen-bond acceptors (Lipinski definition) is 2. The number of nitrogens with zero attached hydrogens (tertiary/aromatic N) is 1. The Bertz CT molecular complexity index is 1050. The summed E-state index contributed by atoms with van der Waals surface area (Å²) in [6, 6.07) is 21.3. The van der Waals surface area contributed by atoms with Gasteiger partial charge in [-0.2, -0.15) is 5.26 Å². The molecule has 3 rings (SSSR count). The van der Waals surface area contributed by atoms with Gasteiger partial charge in [-0.25, -0.2) is 0 Å². The van der Waals surface area contributed by atoms with Crippen LogP contribution >= 0.6 is 59.4 Å². The molecule has 0 atom stereocenters. The molecule has 0 N–H and O–H groups in total. The monoisotopic (exact) mass is 579 g/mol. The molecule has 0 fully saturated rings. The summed E-state index contributed by atoms with van der Waals surface area (Å²) >= 11 is 16.7. The van der Waals surface area contributed by atoms with Crippen molar-refractivity contribution >= 4 is 71.0 Å². The van der Waals surface area contributed by atoms with E-state index in [2.05, 4.69) is 53.9 Å². The Labute approximate surface area is 194 Å². The molecule has 6 heteroatoms. The van der Waals surface area contributed by atoms with Crippen LogP contribution in [0.2, 0.25) is 5.02 Å². The summed E-state index contributed by atoms with van der Waals surface area (Å²) in [5.74, 6) is 0.680. The van der Waals surface area contributed by atoms with Gasteiger partial charge in [0.15, 0.2) is 0 Å². The zero-order chi connectivity index (χ0) is 20.1. The summed E-state index contributed by atoms with van der Waals surface area (Å²) in [4.78, 5) is 0. The molecule has 0 radical (unpaired) electrons. The van der Waals surface area contributed by atoms with E-state index < -0.39 is 0 Å². The van der Waals surface area contributed by atoms with Crippen LogP contribution in [0.1, 0.15) is 16.7 Å². The smallest absolute Gasteiger partial charge is 0.148 e. The summed E-state index contributed by atoms with van der Waals surface area (Å²) in [5.41, 5.74) is 3.23. The Balaban J connectivity index is 1.86. The lowest BCUT2D eigenvalue weighted by Crippen LogP contribution is -1.98. The molecule has 0 saturated carbocycles. The minimum Gasteiger partial charge on any atom is -0.486 e. The van der Waals surface area contributed by atoms with Gasteiger partial charge in [-0.3, -0.25) is 0 Å². The molecule has 28 heavy (non-hydrogen) atoms. The van der Waals surface area contributed by atoms with Crippen LogP contribution in [0.3, 0.4) is 0 Å². The lowest BCUT2D eigenvalue weighted by molar-refractivity contribution is 0.302. The van der Waals surface area contributed by atoms with Gasteiger partial charge in [0.25, 0.3) is 0 Å². The zero-order valence-corrected chi connectivity index (χ0v) is 19.9. The Hall–Kier alpha value is -1.58. The first-order valence-corrected chi connectivity index (χ1v) is 11.0. The fourth-order valence-corrected chi connectivity index (χ4v) is 4.45. The molecule has 0 bridgehead atoms. The lowest BCUT2D eigenvalue weighted by Gasteiger charge is -2.12. The van der Waals surface area contributed by atoms with Gasteiger partial charge >= 0.3 is 0 Å². The fourth-order valence-electron chi connectivity index (χ4n) is 2.54. The Kier molecular flexibility index (Phi) is 7.36. The van der Waals surface area contributed by atoms with Crippen molar-refractivity contribution in [1.82, 2.24) is 0 Å². The normalized spacial score (nSPS) is 11.2. The third kappa shape index (κ3) is 5.27. The second kappa shape index (κ2) is 9.76. The Morgan fingerprint density at radius 2 is 1.64 bits per heavy atom. The van der Waals surface area contributed by atoms with Crippen molar-refractivity contribution < 1.29 is 4.74 Å². The number of hydrogen-bond donors (Lipinski definition) is 0. The van der Waals surface area contributed by atoms with Crippen molar-refractivity contribution in [3.63, 3.8) is 0 Å². The summed E-state index contributed by atoms with van der Waals surface area (Å²) in [6.45, 7) is 0.356. The molecule has 0 aliphatic carbocycles. The van der Waals surface area contributed by atoms with E-state index in [-0.39, 0.29) is 0 Å². The second-order valence-electron chi connectivity index (χ2n) is 5.87. The van der Waals surface area contributed by atoms with Crippen LogP contribution in [-0.2, 0) is 6.61 Å². The molecule has 0 aliphatic rings. The molecule has 3 aromatic rings. The first kappa shape index (κ1) is 21.1. The van der Waals surface area contributed by atoms with Crippen LogP contribution in [0.25, 0.3) is 11.6 Å². The maximum absolute atomic E-state index is 9.55. The van der Waals surface area contributed by atoms with Gasteiger partial charge in [0.2, 0.25) is 0 Å². The van der Waals surface area contributed by atoms with Crippen molar-refractivity contribution in [1.29, 1.82) is 5.26 Å². The van der Waals surface area contributed by atoms with Crippen molar-refractivity contribution in [3.05, 3.63) is 95.8 Å². The number of ether oxygens (including phenoxy) is 1. The van der Waals surface area contributed by atoms with Crippen molar-refractivity contribution in [3.8, 4) is 11.8 Å². The predicted octanol–water partition coefficient (Wildman–Crippen LogP) is 8.27. The molecular weight excluding hydrogens is 569 g/mol. The Morgan fingerprint density at radius 3 is 2.25 bits per heavy atom. The quantitative estimate of drug-likeness (QED) is 0.224. The van der Waals surface area contributed by atoms with Crippen molar-refractivity contribution in [2.75, 3.05) is 0 Å². The Morgan fingerprint density at radius 1 is 1.00 bits per heavy atom. The minimum atomic E-state index is 0.356. The SMILES string of the molecule is N#C/C(=C/c1cc(Br)c(OCc2ccccc2Cl)c(Br)c1)c1ccc(Br)cc1. The van der Waals surface area contributed by atoms with E-state index in [1.807, 2.05) is 66.7 Å². The lowest BCUT2D eigenvalue weighted by atomic mass is 10.0. The van der Waals surface area contributed by atoms with E-state index in [0.717, 1.165) is 30.1 Å². The van der Waals surface area contributed by atoms with Crippen LogP contribution in [0.15, 0.2) is 74.1 Å². The highest BCUT2D eigenvalue weighted by molar-refractivity contribution is 9.11. The standard InChI is InChI=1S/C22H13Br3ClNO/c23-18-7-5-15(6-8-18)17(12-27)9-14-10-19(24)22(20(25)11-14)28-13-16-3-1-2-4-21(16)26/h1-11H,13H2/b17-9-. The van der Waals surface area contributed by atoms with E-state index in [9.17, 15) is 5.26 Å². The minimum absolute atomic E-state index is 0.356. The molecule has 2 nitrogen and oxygen atoms in total. The molecular formula is C22H13Br3ClNO. The number of nitriles is 1. The first-order chi connectivity index (χ1) is 13.5. The zero-order valence-electron chi connectivity index (χ0n) is 14.4. The van der Waals surface area contributed by atoms with Gasteiger partial charge < -0.3 is 4.74 Å². The highest BCUT2D eigenvalue weighted by Crippen LogP contribution is 2.36. The molecule has 0 aliphatic heterocycles. The van der Waals surface area contributed by atoms with Crippen LogP contribution in [0.5, 0.6) is 5.75 Å². The third-order valence-electron chi connectivity index (χ3n) is 3.94. The summed E-state index contributed by atoms with van der Waals surface area (Å²) in [6.07, 6.45) is 1.84. The van der Waals surface area contributed by atoms with Crippen molar-refractivity contribution in [2.45, 2.75) is 6.61 Å². The van der Waals surface area contributed by atoms with Crippen LogP contribution in [-0.4, -0.2) is 0 Å². The first-order valence-electron chi connectivity index (χ1n) is 8.21. The summed E-state index contributed by atoms with van der Waals surface area (Å²) in [5, 5.41) is 10.2. The molecule has 0 saturated heterocycles. The number of allylic oxidation sites excluding steroid dienone is 1. The van der Waals surface area contributed by atoms with Crippen LogP contribution in [0, 0.1) is 11.3 Å². The van der Waals surface area contributed by atoms with Gasteiger partial charge in [-0.1, -0.05) is 57.9 Å². The highest BCUT2D eigenvalue weighted by Gasteiger charge is 2.11. The van der Waals surface area contributed by atoms with Gasteiger partial charge in [0, 0.05) is 15.1 Å². The molecule has 0 unspecified atom stereocenters. The van der Waals surface area contributed by atoms with Gasteiger partial charge in [-0.15, -0.1) is 0 Å². The van der Waals surface area contributed by atoms with Gasteiger partial charge in [0.1, 0.15) is 12.4 Å². The molecule has 140 valence electrons. The van der Waals surface area contributed by atoms with E-state index >= 15 is 0 Å². The average molecular weight is 583 g/mol. The maximum atomic E-state index is 9.55. The van der Waals surface area contributed by atoms with E-state index in [1.165, 1.54) is 0 Å². The third-order valence-corrected chi connectivity index (χ3v) is 6.01. The number of benzene rings is 3. The maximum Gasteiger partial charge on any atom is 0.148 e. The molecule has 0 amide bonds. The van der Waals surface area contributed by atoms with E-state index in [4.69, 9.17) is 16.3 Å². The predicted molar refractivity (Wildman–Crippen MR) is 125 cm³/mol.